The molecule has 1 fully saturated rings. The normalized spacial score (nSPS) is 23.9. The molecule has 2 rings (SSSR count). The molecule has 0 amide bonds. The lowest BCUT2D eigenvalue weighted by atomic mass is 9.87. The van der Waals surface area contributed by atoms with Crippen molar-refractivity contribution in [3.63, 3.8) is 0 Å². The van der Waals surface area contributed by atoms with Crippen LogP contribution in [0.25, 0.3) is 0 Å². The molecule has 1 aliphatic carbocycles. The van der Waals surface area contributed by atoms with Crippen molar-refractivity contribution in [1.29, 1.82) is 0 Å². The van der Waals surface area contributed by atoms with Crippen LogP contribution in [-0.2, 0) is 6.54 Å². The Kier molecular flexibility index (Phi) is 4.00. The van der Waals surface area contributed by atoms with E-state index in [1.165, 1.54) is 24.1 Å². The van der Waals surface area contributed by atoms with E-state index < -0.39 is 0 Å². The van der Waals surface area contributed by atoms with Crippen molar-refractivity contribution in [2.24, 2.45) is 5.41 Å². The van der Waals surface area contributed by atoms with Gasteiger partial charge in [0.2, 0.25) is 0 Å². The van der Waals surface area contributed by atoms with Crippen LogP contribution in [0.15, 0.2) is 10.5 Å². The van der Waals surface area contributed by atoms with Crippen LogP contribution in [0.5, 0.6) is 0 Å². The lowest BCUT2D eigenvalue weighted by Gasteiger charge is -2.27. The van der Waals surface area contributed by atoms with Gasteiger partial charge in [-0.1, -0.05) is 31.9 Å². The van der Waals surface area contributed by atoms with Gasteiger partial charge in [-0.2, -0.15) is 0 Å². The molecule has 0 spiro atoms. The molecular weight excluding hydrogens is 306 g/mol. The maximum atomic E-state index is 6.02. The molecule has 0 aromatic carbocycles. The summed E-state index contributed by atoms with van der Waals surface area (Å²) in [5, 5.41) is 3.66. The average molecular weight is 323 g/mol. The molecule has 1 nitrogen and oxygen atoms in total. The van der Waals surface area contributed by atoms with Crippen molar-refractivity contribution in [2.45, 2.75) is 45.7 Å². The van der Waals surface area contributed by atoms with E-state index in [9.17, 15) is 0 Å². The lowest BCUT2D eigenvalue weighted by molar-refractivity contribution is 0.283. The number of hydrogen-bond acceptors (Lipinski definition) is 2. The zero-order chi connectivity index (χ0) is 11.8. The Bertz CT molecular complexity index is 356. The number of rotatable bonds is 3. The smallest absolute Gasteiger partial charge is 0.107 e. The summed E-state index contributed by atoms with van der Waals surface area (Å²) in [5.41, 5.74) is 0.443. The minimum absolute atomic E-state index is 0.443. The third-order valence-electron chi connectivity index (χ3n) is 3.48. The molecule has 1 aromatic heterocycles. The fraction of sp³-hybridized carbons (Fsp3) is 0.667. The SMILES string of the molecule is CC1(C)CCCC1NCc1cc(Br)c(Cl)s1. The van der Waals surface area contributed by atoms with E-state index in [2.05, 4.69) is 41.2 Å². The van der Waals surface area contributed by atoms with Crippen molar-refractivity contribution < 1.29 is 0 Å². The molecule has 0 saturated heterocycles. The van der Waals surface area contributed by atoms with E-state index in [4.69, 9.17) is 11.6 Å². The van der Waals surface area contributed by atoms with Crippen LogP contribution in [0.4, 0.5) is 0 Å². The first-order valence-electron chi connectivity index (χ1n) is 5.66. The molecule has 1 saturated carbocycles. The summed E-state index contributed by atoms with van der Waals surface area (Å²) >= 11 is 11.1. The highest BCUT2D eigenvalue weighted by Crippen LogP contribution is 2.38. The van der Waals surface area contributed by atoms with Crippen molar-refractivity contribution in [3.05, 3.63) is 19.8 Å². The van der Waals surface area contributed by atoms with Crippen molar-refractivity contribution in [3.8, 4) is 0 Å². The Morgan fingerprint density at radius 3 is 2.88 bits per heavy atom. The van der Waals surface area contributed by atoms with Gasteiger partial charge in [-0.05, 0) is 40.3 Å². The van der Waals surface area contributed by atoms with E-state index in [1.807, 2.05) is 0 Å². The summed E-state index contributed by atoms with van der Waals surface area (Å²) in [6, 6.07) is 2.76. The predicted molar refractivity (Wildman–Crippen MR) is 75.3 cm³/mol. The molecule has 0 bridgehead atoms. The Labute approximate surface area is 115 Å². The first kappa shape index (κ1) is 12.9. The Balaban J connectivity index is 1.92. The van der Waals surface area contributed by atoms with Crippen molar-refractivity contribution in [1.82, 2.24) is 5.32 Å². The summed E-state index contributed by atoms with van der Waals surface area (Å²) in [4.78, 5) is 1.31. The first-order valence-corrected chi connectivity index (χ1v) is 7.65. The summed E-state index contributed by atoms with van der Waals surface area (Å²) in [5.74, 6) is 0. The molecule has 1 heterocycles. The highest BCUT2D eigenvalue weighted by molar-refractivity contribution is 9.10. The van der Waals surface area contributed by atoms with Gasteiger partial charge >= 0.3 is 0 Å². The summed E-state index contributed by atoms with van der Waals surface area (Å²) in [6.07, 6.45) is 3.98. The van der Waals surface area contributed by atoms with Gasteiger partial charge in [0.25, 0.3) is 0 Å². The van der Waals surface area contributed by atoms with E-state index in [1.54, 1.807) is 11.3 Å². The second-order valence-corrected chi connectivity index (χ2v) is 7.74. The maximum Gasteiger partial charge on any atom is 0.107 e. The average Bonchev–Trinajstić information content (AvgIpc) is 2.68. The predicted octanol–water partition coefficient (Wildman–Crippen LogP) is 4.83. The second-order valence-electron chi connectivity index (χ2n) is 5.15. The van der Waals surface area contributed by atoms with Gasteiger partial charge in [-0.3, -0.25) is 0 Å². The zero-order valence-electron chi connectivity index (χ0n) is 9.65. The molecule has 1 N–H and O–H groups in total. The molecule has 16 heavy (non-hydrogen) atoms. The highest BCUT2D eigenvalue weighted by Gasteiger charge is 2.33. The second kappa shape index (κ2) is 4.97. The Hall–Kier alpha value is 0.430. The van der Waals surface area contributed by atoms with Crippen LogP contribution in [0, 0.1) is 5.41 Å². The summed E-state index contributed by atoms with van der Waals surface area (Å²) < 4.78 is 1.86. The van der Waals surface area contributed by atoms with Crippen molar-refractivity contribution >= 4 is 38.9 Å². The molecule has 1 atom stereocenters. The molecule has 0 radical (unpaired) electrons. The van der Waals surface area contributed by atoms with Crippen LogP contribution in [-0.4, -0.2) is 6.04 Å². The molecule has 1 unspecified atom stereocenters. The molecule has 90 valence electrons. The largest absolute Gasteiger partial charge is 0.309 e. The number of nitrogens with one attached hydrogen (secondary N) is 1. The molecule has 1 aliphatic rings. The van der Waals surface area contributed by atoms with Crippen LogP contribution in [0.1, 0.15) is 38.0 Å². The van der Waals surface area contributed by atoms with E-state index in [0.29, 0.717) is 11.5 Å². The van der Waals surface area contributed by atoms with E-state index >= 15 is 0 Å². The van der Waals surface area contributed by atoms with E-state index in [-0.39, 0.29) is 0 Å². The monoisotopic (exact) mass is 321 g/mol. The van der Waals surface area contributed by atoms with Gasteiger partial charge in [0.15, 0.2) is 0 Å². The Morgan fingerprint density at radius 1 is 1.62 bits per heavy atom. The third kappa shape index (κ3) is 2.81. The van der Waals surface area contributed by atoms with Gasteiger partial charge in [0.05, 0.1) is 0 Å². The van der Waals surface area contributed by atoms with Gasteiger partial charge in [0.1, 0.15) is 4.34 Å². The number of halogens is 2. The standard InChI is InChI=1S/C12H17BrClNS/c1-12(2)5-3-4-10(12)15-7-8-6-9(13)11(14)16-8/h6,10,15H,3-5,7H2,1-2H3. The van der Waals surface area contributed by atoms with Crippen LogP contribution in [0.3, 0.4) is 0 Å². The van der Waals surface area contributed by atoms with Gasteiger partial charge in [0, 0.05) is 21.9 Å². The number of hydrogen-bond donors (Lipinski definition) is 1. The minimum Gasteiger partial charge on any atom is -0.309 e. The maximum absolute atomic E-state index is 6.02. The summed E-state index contributed by atoms with van der Waals surface area (Å²) in [7, 11) is 0. The quantitative estimate of drug-likeness (QED) is 0.840. The van der Waals surface area contributed by atoms with Gasteiger partial charge in [-0.15, -0.1) is 11.3 Å². The topological polar surface area (TPSA) is 12.0 Å². The fourth-order valence-electron chi connectivity index (χ4n) is 2.41. The molecule has 0 aliphatic heterocycles. The molecular formula is C12H17BrClNS. The fourth-order valence-corrected chi connectivity index (χ4v) is 4.15. The van der Waals surface area contributed by atoms with Crippen LogP contribution < -0.4 is 5.32 Å². The summed E-state index contributed by atoms with van der Waals surface area (Å²) in [6.45, 7) is 5.65. The van der Waals surface area contributed by atoms with Crippen LogP contribution in [0.2, 0.25) is 4.34 Å². The lowest BCUT2D eigenvalue weighted by Crippen LogP contribution is -2.36. The number of thiophene rings is 1. The van der Waals surface area contributed by atoms with Gasteiger partial charge < -0.3 is 5.32 Å². The molecule has 1 aromatic rings. The minimum atomic E-state index is 0.443. The molecule has 4 heteroatoms. The van der Waals surface area contributed by atoms with Gasteiger partial charge in [-0.25, -0.2) is 0 Å². The first-order chi connectivity index (χ1) is 7.49. The van der Waals surface area contributed by atoms with Crippen molar-refractivity contribution in [2.75, 3.05) is 0 Å². The Morgan fingerprint density at radius 2 is 2.38 bits per heavy atom. The van der Waals surface area contributed by atoms with E-state index in [0.717, 1.165) is 15.4 Å². The van der Waals surface area contributed by atoms with Crippen LogP contribution >= 0.6 is 38.9 Å². The zero-order valence-corrected chi connectivity index (χ0v) is 12.8. The highest BCUT2D eigenvalue weighted by atomic mass is 79.9. The third-order valence-corrected chi connectivity index (χ3v) is 5.95.